The lowest BCUT2D eigenvalue weighted by molar-refractivity contribution is 0.506. The zero-order chi connectivity index (χ0) is 13.2. The highest BCUT2D eigenvalue weighted by Crippen LogP contribution is 2.23. The van der Waals surface area contributed by atoms with Gasteiger partial charge in [0.25, 0.3) is 10.0 Å². The fraction of sp³-hybridized carbons (Fsp3) is 0.364. The number of sulfonamides is 1. The molecule has 1 aliphatic heterocycles. The largest absolute Gasteiger partial charge is 0.265 e. The number of thioether (sulfide) groups is 1. The number of amidine groups is 1. The molecule has 98 valence electrons. The molecule has 18 heavy (non-hydrogen) atoms. The molecule has 0 saturated heterocycles. The van der Waals surface area contributed by atoms with Gasteiger partial charge in [0.15, 0.2) is 5.17 Å². The monoisotopic (exact) mass is 304 g/mol. The summed E-state index contributed by atoms with van der Waals surface area (Å²) in [6.07, 6.45) is 2.57. The Morgan fingerprint density at radius 2 is 2.00 bits per heavy atom. The fourth-order valence-corrected chi connectivity index (χ4v) is 4.21. The third-order valence-electron chi connectivity index (χ3n) is 2.56. The van der Waals surface area contributed by atoms with E-state index >= 15 is 0 Å². The molecule has 0 aliphatic carbocycles. The summed E-state index contributed by atoms with van der Waals surface area (Å²) in [5.41, 5.74) is 0. The number of nitrogens with zero attached hydrogens (tertiary/aromatic N) is 2. The number of benzene rings is 1. The van der Waals surface area contributed by atoms with Crippen LogP contribution in [0.15, 0.2) is 34.2 Å². The first-order chi connectivity index (χ1) is 8.55. The first-order valence-corrected chi connectivity index (χ1v) is 8.47. The van der Waals surface area contributed by atoms with Crippen LogP contribution in [0.1, 0.15) is 6.42 Å². The van der Waals surface area contributed by atoms with Crippen molar-refractivity contribution >= 4 is 38.6 Å². The van der Waals surface area contributed by atoms with Crippen LogP contribution >= 0.6 is 23.4 Å². The molecule has 0 bridgehead atoms. The summed E-state index contributed by atoms with van der Waals surface area (Å²) in [4.78, 5) is 4.48. The van der Waals surface area contributed by atoms with E-state index in [-0.39, 0.29) is 4.90 Å². The predicted molar refractivity (Wildman–Crippen MR) is 75.8 cm³/mol. The summed E-state index contributed by atoms with van der Waals surface area (Å²) in [6, 6.07) is 6.19. The molecule has 7 heteroatoms. The summed E-state index contributed by atoms with van der Waals surface area (Å²) in [6.45, 7) is 1.16. The van der Waals surface area contributed by atoms with Gasteiger partial charge in [-0.1, -0.05) is 23.4 Å². The minimum Gasteiger partial charge on any atom is -0.262 e. The van der Waals surface area contributed by atoms with Gasteiger partial charge in [-0.25, -0.2) is 12.7 Å². The van der Waals surface area contributed by atoms with Gasteiger partial charge in [0.1, 0.15) is 0 Å². The van der Waals surface area contributed by atoms with Crippen molar-refractivity contribution in [1.29, 1.82) is 0 Å². The van der Waals surface area contributed by atoms with Gasteiger partial charge in [0.2, 0.25) is 0 Å². The molecule has 0 atom stereocenters. The summed E-state index contributed by atoms with van der Waals surface area (Å²) >= 11 is 7.12. The van der Waals surface area contributed by atoms with Crippen molar-refractivity contribution in [3.05, 3.63) is 29.3 Å². The van der Waals surface area contributed by atoms with Crippen LogP contribution in [0.5, 0.6) is 0 Å². The summed E-state index contributed by atoms with van der Waals surface area (Å²) in [5.74, 6) is 0. The van der Waals surface area contributed by atoms with Crippen molar-refractivity contribution in [2.75, 3.05) is 19.3 Å². The highest BCUT2D eigenvalue weighted by atomic mass is 35.5. The zero-order valence-corrected chi connectivity index (χ0v) is 12.2. The third-order valence-corrected chi connectivity index (χ3v) is 5.45. The standard InChI is InChI=1S/C11H13ClN2O2S2/c1-17-11-13-7-2-8-14(11)18(15,16)10-5-3-9(12)4-6-10/h3-6H,2,7-8H2,1H3. The predicted octanol–water partition coefficient (Wildman–Crippen LogP) is 2.45. The van der Waals surface area contributed by atoms with Crippen LogP contribution in [0.4, 0.5) is 0 Å². The van der Waals surface area contributed by atoms with E-state index in [1.165, 1.54) is 28.2 Å². The molecule has 0 amide bonds. The smallest absolute Gasteiger partial charge is 0.262 e. The number of rotatable bonds is 2. The molecule has 0 N–H and O–H groups in total. The highest BCUT2D eigenvalue weighted by Gasteiger charge is 2.28. The Hall–Kier alpha value is -0.720. The van der Waals surface area contributed by atoms with Gasteiger partial charge in [0, 0.05) is 18.1 Å². The number of hydrogen-bond acceptors (Lipinski definition) is 4. The second-order valence-corrected chi connectivity index (χ2v) is 6.83. The Morgan fingerprint density at radius 3 is 2.61 bits per heavy atom. The molecular formula is C11H13ClN2O2S2. The molecule has 1 aromatic carbocycles. The van der Waals surface area contributed by atoms with E-state index in [0.29, 0.717) is 23.3 Å². The van der Waals surface area contributed by atoms with Gasteiger partial charge in [-0.15, -0.1) is 0 Å². The lowest BCUT2D eigenvalue weighted by Crippen LogP contribution is -2.38. The number of aliphatic imine (C=N–C) groups is 1. The van der Waals surface area contributed by atoms with E-state index in [1.807, 2.05) is 6.26 Å². The van der Waals surface area contributed by atoms with Crippen molar-refractivity contribution in [2.45, 2.75) is 11.3 Å². The molecule has 0 aromatic heterocycles. The topological polar surface area (TPSA) is 49.7 Å². The minimum atomic E-state index is -3.52. The first kappa shape index (κ1) is 13.7. The molecule has 1 aromatic rings. The van der Waals surface area contributed by atoms with Gasteiger partial charge in [-0.2, -0.15) is 0 Å². The van der Waals surface area contributed by atoms with Gasteiger partial charge in [-0.05, 0) is 36.9 Å². The van der Waals surface area contributed by atoms with Gasteiger partial charge in [0.05, 0.1) is 4.90 Å². The molecule has 0 saturated carbocycles. The molecule has 1 heterocycles. The van der Waals surface area contributed by atoms with E-state index in [1.54, 1.807) is 12.1 Å². The van der Waals surface area contributed by atoms with E-state index in [9.17, 15) is 8.42 Å². The first-order valence-electron chi connectivity index (χ1n) is 5.42. The van der Waals surface area contributed by atoms with Gasteiger partial charge < -0.3 is 0 Å². The normalized spacial score (nSPS) is 16.6. The summed E-state index contributed by atoms with van der Waals surface area (Å²) < 4.78 is 26.3. The van der Waals surface area contributed by atoms with E-state index < -0.39 is 10.0 Å². The molecule has 2 rings (SSSR count). The maximum absolute atomic E-state index is 12.5. The summed E-state index contributed by atoms with van der Waals surface area (Å²) in [7, 11) is -3.52. The third kappa shape index (κ3) is 2.65. The Balaban J connectivity index is 2.39. The summed E-state index contributed by atoms with van der Waals surface area (Å²) in [5, 5.41) is 1.07. The maximum atomic E-state index is 12.5. The average molecular weight is 305 g/mol. The Kier molecular flexibility index (Phi) is 4.19. The zero-order valence-electron chi connectivity index (χ0n) is 9.84. The molecule has 0 radical (unpaired) electrons. The van der Waals surface area contributed by atoms with Crippen LogP contribution in [0.25, 0.3) is 0 Å². The van der Waals surface area contributed by atoms with Crippen LogP contribution in [-0.4, -0.2) is 37.2 Å². The second-order valence-electron chi connectivity index (χ2n) is 3.75. The van der Waals surface area contributed by atoms with Crippen LogP contribution in [-0.2, 0) is 10.0 Å². The van der Waals surface area contributed by atoms with Crippen molar-refractivity contribution in [1.82, 2.24) is 4.31 Å². The molecule has 0 unspecified atom stereocenters. The average Bonchev–Trinajstić information content (AvgIpc) is 2.39. The van der Waals surface area contributed by atoms with Gasteiger partial charge in [-0.3, -0.25) is 4.99 Å². The minimum absolute atomic E-state index is 0.246. The Bertz CT molecular complexity index is 555. The molecule has 0 fully saturated rings. The lowest BCUT2D eigenvalue weighted by Gasteiger charge is -2.27. The van der Waals surface area contributed by atoms with Crippen molar-refractivity contribution in [3.8, 4) is 0 Å². The van der Waals surface area contributed by atoms with Crippen molar-refractivity contribution in [2.24, 2.45) is 4.99 Å². The van der Waals surface area contributed by atoms with Crippen LogP contribution in [0, 0.1) is 0 Å². The molecule has 0 spiro atoms. The SMILES string of the molecule is CSC1=NCCCN1S(=O)(=O)c1ccc(Cl)cc1. The van der Waals surface area contributed by atoms with Crippen LogP contribution in [0.2, 0.25) is 5.02 Å². The van der Waals surface area contributed by atoms with Gasteiger partial charge >= 0.3 is 0 Å². The van der Waals surface area contributed by atoms with E-state index in [4.69, 9.17) is 11.6 Å². The van der Waals surface area contributed by atoms with E-state index in [2.05, 4.69) is 4.99 Å². The molecular weight excluding hydrogens is 292 g/mol. The van der Waals surface area contributed by atoms with Crippen LogP contribution < -0.4 is 0 Å². The number of hydrogen-bond donors (Lipinski definition) is 0. The Labute approximate surface area is 116 Å². The lowest BCUT2D eigenvalue weighted by atomic mass is 10.4. The number of halogens is 1. The quantitative estimate of drug-likeness (QED) is 0.843. The Morgan fingerprint density at radius 1 is 1.33 bits per heavy atom. The van der Waals surface area contributed by atoms with E-state index in [0.717, 1.165) is 6.42 Å². The maximum Gasteiger partial charge on any atom is 0.265 e. The second kappa shape index (κ2) is 5.50. The van der Waals surface area contributed by atoms with Crippen molar-refractivity contribution < 1.29 is 8.42 Å². The fourth-order valence-electron chi connectivity index (χ4n) is 1.69. The molecule has 4 nitrogen and oxygen atoms in total. The van der Waals surface area contributed by atoms with Crippen molar-refractivity contribution in [3.63, 3.8) is 0 Å². The highest BCUT2D eigenvalue weighted by molar-refractivity contribution is 8.14. The molecule has 1 aliphatic rings. The van der Waals surface area contributed by atoms with Crippen LogP contribution in [0.3, 0.4) is 0 Å².